The molecular formula is C19H17F3N4O2. The van der Waals surface area contributed by atoms with E-state index >= 15 is 0 Å². The molecule has 1 amide bonds. The average molecular weight is 390 g/mol. The molecule has 0 aliphatic carbocycles. The summed E-state index contributed by atoms with van der Waals surface area (Å²) in [4.78, 5) is 12.4. The number of nitrogens with one attached hydrogen (secondary N) is 2. The number of hydrogen-bond acceptors (Lipinski definition) is 4. The third kappa shape index (κ3) is 3.60. The minimum atomic E-state index is -4.51. The first-order valence-corrected chi connectivity index (χ1v) is 8.70. The van der Waals surface area contributed by atoms with E-state index in [1.165, 1.54) is 12.3 Å². The van der Waals surface area contributed by atoms with Crippen molar-refractivity contribution in [3.8, 4) is 0 Å². The van der Waals surface area contributed by atoms with E-state index < -0.39 is 24.2 Å². The molecule has 28 heavy (non-hydrogen) atoms. The molecule has 0 spiro atoms. The van der Waals surface area contributed by atoms with Gasteiger partial charge in [-0.15, -0.1) is 0 Å². The smallest absolute Gasteiger partial charge is 0.410 e. The number of benzene rings is 1. The molecule has 0 unspecified atom stereocenters. The number of rotatable bonds is 4. The Kier molecular flexibility index (Phi) is 4.58. The number of anilines is 1. The van der Waals surface area contributed by atoms with Gasteiger partial charge in [0, 0.05) is 19.0 Å². The molecular weight excluding hydrogens is 373 g/mol. The number of hydrogen-bond donors (Lipinski definition) is 2. The lowest BCUT2D eigenvalue weighted by Crippen LogP contribution is -2.35. The first kappa shape index (κ1) is 18.1. The quantitative estimate of drug-likeness (QED) is 0.705. The molecule has 1 aliphatic rings. The standard InChI is InChI=1S/C19H17F3N4O2/c20-19(21,22)16-9-13(15-7-4-8-28-15)24-17-10-14(25-26(16)17)18(27)23-11-12-5-2-1-3-6-12/h1-8,10,13,16,24H,9,11H2,(H,23,27)/t13-,16-/m1/s1. The highest BCUT2D eigenvalue weighted by atomic mass is 19.4. The maximum absolute atomic E-state index is 13.6. The Balaban J connectivity index is 1.57. The van der Waals surface area contributed by atoms with Gasteiger partial charge in [0.05, 0.1) is 12.3 Å². The van der Waals surface area contributed by atoms with Crippen molar-refractivity contribution in [1.29, 1.82) is 0 Å². The van der Waals surface area contributed by atoms with Crippen molar-refractivity contribution in [3.05, 3.63) is 71.8 Å². The predicted octanol–water partition coefficient (Wildman–Crippen LogP) is 4.07. The van der Waals surface area contributed by atoms with Crippen LogP contribution in [-0.4, -0.2) is 21.9 Å². The van der Waals surface area contributed by atoms with Gasteiger partial charge in [0.2, 0.25) is 0 Å². The fourth-order valence-corrected chi connectivity index (χ4v) is 3.23. The summed E-state index contributed by atoms with van der Waals surface area (Å²) in [7, 11) is 0. The van der Waals surface area contributed by atoms with E-state index in [0.717, 1.165) is 10.2 Å². The lowest BCUT2D eigenvalue weighted by molar-refractivity contribution is -0.174. The highest BCUT2D eigenvalue weighted by Crippen LogP contribution is 2.43. The highest BCUT2D eigenvalue weighted by Gasteiger charge is 2.47. The van der Waals surface area contributed by atoms with E-state index in [1.54, 1.807) is 12.1 Å². The van der Waals surface area contributed by atoms with Crippen LogP contribution < -0.4 is 10.6 Å². The normalized spacial score (nSPS) is 19.0. The number of amides is 1. The van der Waals surface area contributed by atoms with Gasteiger partial charge in [-0.2, -0.15) is 18.3 Å². The summed E-state index contributed by atoms with van der Waals surface area (Å²) in [5.41, 5.74) is 0.803. The number of halogens is 3. The van der Waals surface area contributed by atoms with Crippen LogP contribution in [0, 0.1) is 0 Å². The molecule has 0 saturated carbocycles. The Bertz CT molecular complexity index is 951. The monoisotopic (exact) mass is 390 g/mol. The molecule has 146 valence electrons. The first-order chi connectivity index (χ1) is 13.4. The molecule has 0 fully saturated rings. The molecule has 3 aromatic rings. The number of aromatic nitrogens is 2. The summed E-state index contributed by atoms with van der Waals surface area (Å²) in [5.74, 6) is -0.0142. The van der Waals surface area contributed by atoms with Crippen LogP contribution in [0.3, 0.4) is 0 Å². The Hall–Kier alpha value is -3.23. The lowest BCUT2D eigenvalue weighted by Gasteiger charge is -2.32. The third-order valence-electron chi connectivity index (χ3n) is 4.61. The zero-order valence-corrected chi connectivity index (χ0v) is 14.6. The molecule has 4 rings (SSSR count). The highest BCUT2D eigenvalue weighted by molar-refractivity contribution is 5.93. The lowest BCUT2D eigenvalue weighted by atomic mass is 10.0. The van der Waals surface area contributed by atoms with Gasteiger partial charge in [0.25, 0.3) is 5.91 Å². The van der Waals surface area contributed by atoms with Crippen LogP contribution in [0.4, 0.5) is 19.0 Å². The molecule has 9 heteroatoms. The van der Waals surface area contributed by atoms with Crippen LogP contribution in [0.15, 0.2) is 59.2 Å². The van der Waals surface area contributed by atoms with E-state index in [0.29, 0.717) is 5.76 Å². The first-order valence-electron chi connectivity index (χ1n) is 8.70. The van der Waals surface area contributed by atoms with Gasteiger partial charge in [-0.25, -0.2) is 4.68 Å². The second kappa shape index (κ2) is 7.06. The number of nitrogens with zero attached hydrogens (tertiary/aromatic N) is 2. The number of furan rings is 1. The predicted molar refractivity (Wildman–Crippen MR) is 94.6 cm³/mol. The van der Waals surface area contributed by atoms with Crippen molar-refractivity contribution < 1.29 is 22.4 Å². The Morgan fingerprint density at radius 3 is 2.71 bits per heavy atom. The minimum absolute atomic E-state index is 0.0761. The van der Waals surface area contributed by atoms with E-state index in [-0.39, 0.29) is 24.5 Å². The topological polar surface area (TPSA) is 72.1 Å². The van der Waals surface area contributed by atoms with Crippen molar-refractivity contribution in [3.63, 3.8) is 0 Å². The van der Waals surface area contributed by atoms with E-state index in [4.69, 9.17) is 4.42 Å². The molecule has 2 aromatic heterocycles. The Morgan fingerprint density at radius 1 is 1.25 bits per heavy atom. The van der Waals surface area contributed by atoms with Crippen LogP contribution in [0.25, 0.3) is 0 Å². The Labute approximate surface area is 158 Å². The molecule has 2 N–H and O–H groups in total. The molecule has 6 nitrogen and oxygen atoms in total. The Morgan fingerprint density at radius 2 is 2.04 bits per heavy atom. The van der Waals surface area contributed by atoms with Crippen LogP contribution in [0.1, 0.15) is 40.3 Å². The SMILES string of the molecule is O=C(NCc1ccccc1)c1cc2n(n1)[C@@H](C(F)(F)F)C[C@H](c1ccco1)N2. The van der Waals surface area contributed by atoms with Gasteiger partial charge < -0.3 is 15.1 Å². The summed E-state index contributed by atoms with van der Waals surface area (Å²) in [6.45, 7) is 0.257. The largest absolute Gasteiger partial charge is 0.467 e. The fourth-order valence-electron chi connectivity index (χ4n) is 3.23. The van der Waals surface area contributed by atoms with Gasteiger partial charge in [-0.3, -0.25) is 4.79 Å². The van der Waals surface area contributed by atoms with Crippen LogP contribution in [-0.2, 0) is 6.54 Å². The van der Waals surface area contributed by atoms with Gasteiger partial charge in [0.15, 0.2) is 11.7 Å². The van der Waals surface area contributed by atoms with Crippen molar-refractivity contribution >= 4 is 11.7 Å². The second-order valence-corrected chi connectivity index (χ2v) is 6.53. The number of fused-ring (bicyclic) bond motifs is 1. The second-order valence-electron chi connectivity index (χ2n) is 6.53. The van der Waals surface area contributed by atoms with Gasteiger partial charge in [-0.1, -0.05) is 30.3 Å². The van der Waals surface area contributed by atoms with Crippen molar-refractivity contribution in [2.24, 2.45) is 0 Å². The van der Waals surface area contributed by atoms with E-state index in [1.807, 2.05) is 30.3 Å². The van der Waals surface area contributed by atoms with Crippen molar-refractivity contribution in [1.82, 2.24) is 15.1 Å². The summed E-state index contributed by atoms with van der Waals surface area (Å²) < 4.78 is 46.9. The molecule has 1 aliphatic heterocycles. The summed E-state index contributed by atoms with van der Waals surface area (Å²) in [6.07, 6.45) is -3.38. The summed E-state index contributed by atoms with van der Waals surface area (Å²) in [6, 6.07) is 11.3. The molecule has 2 atom stereocenters. The van der Waals surface area contributed by atoms with Crippen LogP contribution >= 0.6 is 0 Å². The molecule has 0 saturated heterocycles. The van der Waals surface area contributed by atoms with Gasteiger partial charge in [-0.05, 0) is 17.7 Å². The average Bonchev–Trinajstić information content (AvgIpc) is 3.34. The maximum atomic E-state index is 13.6. The summed E-state index contributed by atoms with van der Waals surface area (Å²) in [5, 5.41) is 9.57. The molecule has 0 radical (unpaired) electrons. The summed E-state index contributed by atoms with van der Waals surface area (Å²) >= 11 is 0. The minimum Gasteiger partial charge on any atom is -0.467 e. The maximum Gasteiger partial charge on any atom is 0.410 e. The van der Waals surface area contributed by atoms with Crippen LogP contribution in [0.2, 0.25) is 0 Å². The van der Waals surface area contributed by atoms with E-state index in [9.17, 15) is 18.0 Å². The zero-order valence-electron chi connectivity index (χ0n) is 14.6. The number of carbonyl (C=O) groups excluding carboxylic acids is 1. The molecule has 1 aromatic carbocycles. The van der Waals surface area contributed by atoms with Crippen molar-refractivity contribution in [2.45, 2.75) is 31.2 Å². The number of alkyl halides is 3. The fraction of sp³-hybridized carbons (Fsp3) is 0.263. The molecule has 0 bridgehead atoms. The number of carbonyl (C=O) groups is 1. The molecule has 3 heterocycles. The van der Waals surface area contributed by atoms with Gasteiger partial charge in [0.1, 0.15) is 11.6 Å². The van der Waals surface area contributed by atoms with E-state index in [2.05, 4.69) is 15.7 Å². The van der Waals surface area contributed by atoms with Crippen LogP contribution in [0.5, 0.6) is 0 Å². The third-order valence-corrected chi connectivity index (χ3v) is 4.61. The van der Waals surface area contributed by atoms with Crippen molar-refractivity contribution in [2.75, 3.05) is 5.32 Å². The van der Waals surface area contributed by atoms with Gasteiger partial charge >= 0.3 is 6.18 Å². The zero-order chi connectivity index (χ0) is 19.7.